The molecule has 0 aliphatic heterocycles. The van der Waals surface area contributed by atoms with Gasteiger partial charge in [0.15, 0.2) is 0 Å². The van der Waals surface area contributed by atoms with Gasteiger partial charge in [0.1, 0.15) is 0 Å². The van der Waals surface area contributed by atoms with Crippen LogP contribution in [0.15, 0.2) is 315 Å². The molecule has 0 aromatic heterocycles. The van der Waals surface area contributed by atoms with Gasteiger partial charge in [-0.15, -0.1) is 0 Å². The lowest BCUT2D eigenvalue weighted by molar-refractivity contribution is 0.660. The third-order valence-electron chi connectivity index (χ3n) is 20.2. The normalized spacial score (nSPS) is 13.4. The Morgan fingerprint density at radius 3 is 0.734 bits per heavy atom. The maximum absolute atomic E-state index is 2.43. The second-order valence-electron chi connectivity index (χ2n) is 26.6. The zero-order valence-corrected chi connectivity index (χ0v) is 53.2. The topological polar surface area (TPSA) is 6.48 Å². The molecule has 0 heterocycles. The van der Waals surface area contributed by atoms with Crippen molar-refractivity contribution >= 4 is 102 Å². The molecule has 2 aliphatic rings. The second-order valence-corrected chi connectivity index (χ2v) is 26.6. The van der Waals surface area contributed by atoms with Gasteiger partial charge in [0.05, 0.1) is 0 Å². The van der Waals surface area contributed by atoms with Crippen LogP contribution in [0.2, 0.25) is 0 Å². The molecule has 0 unspecified atom stereocenters. The van der Waals surface area contributed by atoms with Crippen LogP contribution >= 0.6 is 0 Å². The van der Waals surface area contributed by atoms with Crippen molar-refractivity contribution in [2.75, 3.05) is 9.80 Å². The van der Waals surface area contributed by atoms with E-state index in [0.717, 1.165) is 34.1 Å². The minimum atomic E-state index is -0.197. The van der Waals surface area contributed by atoms with Crippen LogP contribution in [-0.2, 0) is 10.8 Å². The molecule has 0 bridgehead atoms. The largest absolute Gasteiger partial charge is 0.310 e. The Morgan fingerprint density at radius 1 is 0.202 bits per heavy atom. The van der Waals surface area contributed by atoms with Gasteiger partial charge in [-0.25, -0.2) is 0 Å². The van der Waals surface area contributed by atoms with Crippen molar-refractivity contribution in [1.29, 1.82) is 0 Å². The predicted octanol–water partition coefficient (Wildman–Crippen LogP) is 25.5. The molecule has 0 radical (unpaired) electrons. The van der Waals surface area contributed by atoms with E-state index in [1.54, 1.807) is 0 Å². The van der Waals surface area contributed by atoms with Crippen molar-refractivity contribution in [2.24, 2.45) is 0 Å². The van der Waals surface area contributed by atoms with Crippen molar-refractivity contribution in [3.63, 3.8) is 0 Å². The number of benzene rings is 15. The Hall–Kier alpha value is -11.6. The van der Waals surface area contributed by atoms with Crippen LogP contribution in [-0.4, -0.2) is 0 Å². The molecule has 15 aromatic rings. The monoisotopic (exact) mass is 1200 g/mol. The molecule has 0 amide bonds. The molecular formula is C92H68N2. The van der Waals surface area contributed by atoms with Crippen LogP contribution in [0, 0.1) is 0 Å². The molecule has 0 saturated heterocycles. The molecule has 94 heavy (non-hydrogen) atoms. The van der Waals surface area contributed by atoms with Crippen LogP contribution in [0.4, 0.5) is 34.1 Å². The Balaban J connectivity index is 0.562. The average molecular weight is 1200 g/mol. The van der Waals surface area contributed by atoms with Gasteiger partial charge >= 0.3 is 0 Å². The van der Waals surface area contributed by atoms with Crippen molar-refractivity contribution in [1.82, 2.24) is 0 Å². The summed E-state index contributed by atoms with van der Waals surface area (Å²) in [5, 5.41) is 9.85. The van der Waals surface area contributed by atoms with E-state index >= 15 is 0 Å². The number of hydrogen-bond acceptors (Lipinski definition) is 2. The third kappa shape index (κ3) is 10.1. The van der Waals surface area contributed by atoms with E-state index in [4.69, 9.17) is 0 Å². The molecule has 0 saturated carbocycles. The molecule has 0 N–H and O–H groups in total. The molecule has 0 atom stereocenters. The molecule has 17 rings (SSSR count). The Morgan fingerprint density at radius 2 is 0.426 bits per heavy atom. The Kier molecular flexibility index (Phi) is 13.6. The highest BCUT2D eigenvalue weighted by Crippen LogP contribution is 2.53. The van der Waals surface area contributed by atoms with Crippen LogP contribution in [0.5, 0.6) is 0 Å². The summed E-state index contributed by atoms with van der Waals surface area (Å²) in [7, 11) is 0. The molecule has 0 spiro atoms. The van der Waals surface area contributed by atoms with E-state index in [-0.39, 0.29) is 10.8 Å². The van der Waals surface area contributed by atoms with E-state index in [1.165, 1.54) is 132 Å². The molecule has 2 nitrogen and oxygen atoms in total. The van der Waals surface area contributed by atoms with E-state index in [9.17, 15) is 0 Å². The number of fused-ring (bicyclic) bond motifs is 10. The minimum Gasteiger partial charge on any atom is -0.310 e. The van der Waals surface area contributed by atoms with Gasteiger partial charge in [-0.2, -0.15) is 0 Å². The first-order valence-corrected chi connectivity index (χ1v) is 32.8. The zero-order chi connectivity index (χ0) is 63.1. The fraction of sp³-hybridized carbons (Fsp3) is 0.0652. The van der Waals surface area contributed by atoms with Crippen molar-refractivity contribution < 1.29 is 0 Å². The number of nitrogens with zero attached hydrogens (tertiary/aromatic N) is 2. The van der Waals surface area contributed by atoms with Gasteiger partial charge in [-0.3, -0.25) is 0 Å². The summed E-state index contributed by atoms with van der Waals surface area (Å²) in [5.74, 6) is 0. The lowest BCUT2D eigenvalue weighted by Crippen LogP contribution is -2.16. The van der Waals surface area contributed by atoms with Crippen molar-refractivity contribution in [3.8, 4) is 44.5 Å². The fourth-order valence-electron chi connectivity index (χ4n) is 14.9. The SMILES string of the molecule is CC1(C)c2cc(C=Cc3ccc(-c4ccc(-c5ccc(C=Cc6ccc7c(c6)C(C)(C)c6cc(N(c8ccc9ccccc9c8)c8ccc9ccccc9c8)ccc6-7)cc5)cc4)cc3)ccc2-c2ccc(N(c3ccc4ccccc4c3)c3ccc4ccccc4c3)cc21. The zero-order valence-electron chi connectivity index (χ0n) is 53.2. The number of rotatable bonds is 12. The second kappa shape index (κ2) is 22.7. The molecule has 15 aromatic carbocycles. The van der Waals surface area contributed by atoms with Crippen molar-refractivity contribution in [3.05, 3.63) is 360 Å². The molecule has 2 aliphatic carbocycles. The predicted molar refractivity (Wildman–Crippen MR) is 403 cm³/mol. The summed E-state index contributed by atoms with van der Waals surface area (Å²) in [4.78, 5) is 4.84. The summed E-state index contributed by atoms with van der Waals surface area (Å²) >= 11 is 0. The van der Waals surface area contributed by atoms with Gasteiger partial charge in [-0.1, -0.05) is 295 Å². The lowest BCUT2D eigenvalue weighted by Gasteiger charge is -2.28. The number of anilines is 6. The van der Waals surface area contributed by atoms with Gasteiger partial charge < -0.3 is 9.80 Å². The summed E-state index contributed by atoms with van der Waals surface area (Å²) in [6, 6.07) is 117. The van der Waals surface area contributed by atoms with Crippen molar-refractivity contribution in [2.45, 2.75) is 38.5 Å². The first-order valence-electron chi connectivity index (χ1n) is 32.8. The molecular weight excluding hydrogens is 1130 g/mol. The number of hydrogen-bond donors (Lipinski definition) is 0. The third-order valence-corrected chi connectivity index (χ3v) is 20.2. The van der Waals surface area contributed by atoms with E-state index in [2.05, 4.69) is 377 Å². The van der Waals surface area contributed by atoms with Gasteiger partial charge in [0.2, 0.25) is 0 Å². The fourth-order valence-corrected chi connectivity index (χ4v) is 14.9. The smallest absolute Gasteiger partial charge is 0.0468 e. The molecule has 0 fully saturated rings. The van der Waals surface area contributed by atoms with Crippen LogP contribution in [0.3, 0.4) is 0 Å². The Labute approximate surface area is 551 Å². The molecule has 446 valence electrons. The summed E-state index contributed by atoms with van der Waals surface area (Å²) < 4.78 is 0. The first kappa shape index (κ1) is 56.4. The highest BCUT2D eigenvalue weighted by atomic mass is 15.1. The summed E-state index contributed by atoms with van der Waals surface area (Å²) in [6.45, 7) is 9.52. The lowest BCUT2D eigenvalue weighted by atomic mass is 9.81. The van der Waals surface area contributed by atoms with Gasteiger partial charge in [0.25, 0.3) is 0 Å². The first-order chi connectivity index (χ1) is 46.0. The maximum atomic E-state index is 2.43. The maximum Gasteiger partial charge on any atom is 0.0468 e. The molecule has 2 heteroatoms. The van der Waals surface area contributed by atoms with Crippen LogP contribution in [0.25, 0.3) is 112 Å². The Bertz CT molecular complexity index is 5040. The minimum absolute atomic E-state index is 0.197. The highest BCUT2D eigenvalue weighted by molar-refractivity contribution is 5.97. The average Bonchev–Trinajstić information content (AvgIpc) is 1.57. The summed E-state index contributed by atoms with van der Waals surface area (Å²) in [6.07, 6.45) is 8.99. The highest BCUT2D eigenvalue weighted by Gasteiger charge is 2.38. The van der Waals surface area contributed by atoms with Crippen LogP contribution in [0.1, 0.15) is 72.2 Å². The summed E-state index contributed by atoms with van der Waals surface area (Å²) in [5.41, 5.74) is 26.6. The van der Waals surface area contributed by atoms with E-state index in [1.807, 2.05) is 0 Å². The van der Waals surface area contributed by atoms with E-state index in [0.29, 0.717) is 0 Å². The quantitative estimate of drug-likeness (QED) is 0.113. The van der Waals surface area contributed by atoms with E-state index < -0.39 is 0 Å². The van der Waals surface area contributed by atoms with Gasteiger partial charge in [0, 0.05) is 45.0 Å². The van der Waals surface area contributed by atoms with Gasteiger partial charge in [-0.05, 0) is 205 Å². The van der Waals surface area contributed by atoms with Crippen LogP contribution < -0.4 is 9.80 Å². The standard InChI is InChI=1S/C92H68N2/c1-91(2)87-53-63(29-49-83(87)85-51-47-81(59-89(85)91)93(77-43-39-65-13-5-9-17-73(65)55-77)78-44-40-66-14-6-10-18-74(66)56-78)23-21-61-25-31-69(32-26-61)71-35-37-72(38-36-71)70-33-27-62(28-34-70)22-24-64-30-50-84-86-52-48-82(60-90(86)92(3,4)88(84)54-64)94(79-45-41-67-15-7-11-19-75(67)57-79)80-46-42-68-16-8-12-20-76(68)58-80/h5-60H,1-4H3.